The Labute approximate surface area is 161 Å². The molecule has 0 saturated heterocycles. The predicted molar refractivity (Wildman–Crippen MR) is 111 cm³/mol. The molecule has 2 aromatic rings. The van der Waals surface area contributed by atoms with Crippen molar-refractivity contribution in [1.29, 1.82) is 0 Å². The summed E-state index contributed by atoms with van der Waals surface area (Å²) in [6.07, 6.45) is 1.77. The summed E-state index contributed by atoms with van der Waals surface area (Å²) in [7, 11) is 0. The second-order valence-electron chi connectivity index (χ2n) is 6.97. The molecule has 0 aromatic heterocycles. The van der Waals surface area contributed by atoms with E-state index in [-0.39, 0.29) is 11.8 Å². The maximum Gasteiger partial charge on any atom is 0.244 e. The SMILES string of the molecule is CCCC(C)(N)C(=O)Nc1ccc(CC(=O)N(CC)c2ccccc2)cc1. The van der Waals surface area contributed by atoms with Crippen LogP contribution in [0.5, 0.6) is 0 Å². The second-order valence-corrected chi connectivity index (χ2v) is 6.97. The summed E-state index contributed by atoms with van der Waals surface area (Å²) in [5.41, 5.74) is 7.64. The predicted octanol–water partition coefficient (Wildman–Crippen LogP) is 3.74. The first kappa shape index (κ1) is 20.6. The summed E-state index contributed by atoms with van der Waals surface area (Å²) in [6, 6.07) is 17.0. The van der Waals surface area contributed by atoms with Crippen molar-refractivity contribution in [2.75, 3.05) is 16.8 Å². The lowest BCUT2D eigenvalue weighted by atomic mass is 9.96. The summed E-state index contributed by atoms with van der Waals surface area (Å²) < 4.78 is 0. The van der Waals surface area contributed by atoms with Gasteiger partial charge < -0.3 is 16.0 Å². The molecule has 5 nitrogen and oxygen atoms in total. The molecule has 0 radical (unpaired) electrons. The van der Waals surface area contributed by atoms with Crippen LogP contribution >= 0.6 is 0 Å². The number of nitrogens with two attached hydrogens (primary N) is 1. The van der Waals surface area contributed by atoms with Gasteiger partial charge in [0.25, 0.3) is 0 Å². The molecular weight excluding hydrogens is 338 g/mol. The van der Waals surface area contributed by atoms with E-state index in [1.165, 1.54) is 0 Å². The van der Waals surface area contributed by atoms with Crippen LogP contribution < -0.4 is 16.0 Å². The zero-order chi connectivity index (χ0) is 19.9. The molecule has 0 fully saturated rings. The van der Waals surface area contributed by atoms with Gasteiger partial charge >= 0.3 is 0 Å². The third-order valence-electron chi connectivity index (χ3n) is 4.54. The summed E-state index contributed by atoms with van der Waals surface area (Å²) in [4.78, 5) is 26.7. The first-order valence-electron chi connectivity index (χ1n) is 9.42. The smallest absolute Gasteiger partial charge is 0.244 e. The van der Waals surface area contributed by atoms with Crippen molar-refractivity contribution < 1.29 is 9.59 Å². The fourth-order valence-corrected chi connectivity index (χ4v) is 2.99. The van der Waals surface area contributed by atoms with E-state index >= 15 is 0 Å². The van der Waals surface area contributed by atoms with Crippen molar-refractivity contribution in [3.05, 3.63) is 60.2 Å². The van der Waals surface area contributed by atoms with Gasteiger partial charge in [-0.2, -0.15) is 0 Å². The molecule has 27 heavy (non-hydrogen) atoms. The highest BCUT2D eigenvalue weighted by Crippen LogP contribution is 2.17. The molecular formula is C22H29N3O2. The van der Waals surface area contributed by atoms with Gasteiger partial charge in [-0.1, -0.05) is 43.7 Å². The fraction of sp³-hybridized carbons (Fsp3) is 0.364. The minimum Gasteiger partial charge on any atom is -0.325 e. The molecule has 0 heterocycles. The largest absolute Gasteiger partial charge is 0.325 e. The van der Waals surface area contributed by atoms with Crippen molar-refractivity contribution in [2.45, 2.75) is 45.6 Å². The van der Waals surface area contributed by atoms with Crippen LogP contribution in [0.2, 0.25) is 0 Å². The number of rotatable bonds is 8. The molecule has 5 heteroatoms. The number of nitrogens with zero attached hydrogens (tertiary/aromatic N) is 1. The highest BCUT2D eigenvalue weighted by atomic mass is 16.2. The van der Waals surface area contributed by atoms with E-state index in [2.05, 4.69) is 5.32 Å². The lowest BCUT2D eigenvalue weighted by molar-refractivity contribution is -0.121. The van der Waals surface area contributed by atoms with Crippen molar-refractivity contribution in [2.24, 2.45) is 5.73 Å². The monoisotopic (exact) mass is 367 g/mol. The molecule has 1 atom stereocenters. The standard InChI is InChI=1S/C22H29N3O2/c1-4-15-22(3,23)21(27)24-18-13-11-17(12-14-18)16-20(26)25(5-2)19-9-7-6-8-10-19/h6-14H,4-5,15-16,23H2,1-3H3,(H,24,27). The fourth-order valence-electron chi connectivity index (χ4n) is 2.99. The van der Waals surface area contributed by atoms with Crippen molar-refractivity contribution in [3.63, 3.8) is 0 Å². The highest BCUT2D eigenvalue weighted by molar-refractivity contribution is 5.98. The number of amides is 2. The van der Waals surface area contributed by atoms with Crippen LogP contribution in [0.25, 0.3) is 0 Å². The molecule has 2 aromatic carbocycles. The van der Waals surface area contributed by atoms with Gasteiger partial charge in [0, 0.05) is 17.9 Å². The van der Waals surface area contributed by atoms with E-state index < -0.39 is 5.54 Å². The summed E-state index contributed by atoms with van der Waals surface area (Å²) in [5, 5.41) is 2.85. The number of anilines is 2. The Hall–Kier alpha value is -2.66. The molecule has 144 valence electrons. The van der Waals surface area contributed by atoms with Gasteiger partial charge in [-0.05, 0) is 50.1 Å². The molecule has 3 N–H and O–H groups in total. The van der Waals surface area contributed by atoms with Gasteiger partial charge in [-0.3, -0.25) is 9.59 Å². The van der Waals surface area contributed by atoms with Gasteiger partial charge in [0.1, 0.15) is 0 Å². The molecule has 0 aliphatic carbocycles. The number of hydrogen-bond donors (Lipinski definition) is 2. The Kier molecular flexibility index (Phi) is 7.13. The van der Waals surface area contributed by atoms with Gasteiger partial charge in [-0.25, -0.2) is 0 Å². The van der Waals surface area contributed by atoms with Crippen LogP contribution in [-0.4, -0.2) is 23.9 Å². The third kappa shape index (κ3) is 5.66. The van der Waals surface area contributed by atoms with Crippen LogP contribution in [0.1, 0.15) is 39.2 Å². The zero-order valence-corrected chi connectivity index (χ0v) is 16.4. The molecule has 0 aliphatic heterocycles. The number of para-hydroxylation sites is 1. The van der Waals surface area contributed by atoms with Crippen molar-refractivity contribution in [1.82, 2.24) is 0 Å². The Morgan fingerprint density at radius 3 is 2.22 bits per heavy atom. The topological polar surface area (TPSA) is 75.4 Å². The van der Waals surface area contributed by atoms with Crippen LogP contribution in [-0.2, 0) is 16.0 Å². The maximum atomic E-state index is 12.6. The molecule has 0 aliphatic rings. The van der Waals surface area contributed by atoms with Crippen LogP contribution in [0.4, 0.5) is 11.4 Å². The summed E-state index contributed by atoms with van der Waals surface area (Å²) >= 11 is 0. The van der Waals surface area contributed by atoms with Crippen molar-refractivity contribution >= 4 is 23.2 Å². The molecule has 2 rings (SSSR count). The molecule has 2 amide bonds. The molecule has 1 unspecified atom stereocenters. The second kappa shape index (κ2) is 9.33. The van der Waals surface area contributed by atoms with Gasteiger partial charge in [0.15, 0.2) is 0 Å². The third-order valence-corrected chi connectivity index (χ3v) is 4.54. The van der Waals surface area contributed by atoms with Gasteiger partial charge in [0.05, 0.1) is 12.0 Å². The lowest BCUT2D eigenvalue weighted by Crippen LogP contribution is -2.48. The van der Waals surface area contributed by atoms with Gasteiger partial charge in [0.2, 0.25) is 11.8 Å². The average molecular weight is 367 g/mol. The van der Waals surface area contributed by atoms with E-state index in [0.29, 0.717) is 25.1 Å². The first-order chi connectivity index (χ1) is 12.9. The number of carbonyl (C=O) groups is 2. The Morgan fingerprint density at radius 1 is 1.04 bits per heavy atom. The van der Waals surface area contributed by atoms with E-state index in [1.54, 1.807) is 24.0 Å². The van der Waals surface area contributed by atoms with Crippen LogP contribution in [0.3, 0.4) is 0 Å². The van der Waals surface area contributed by atoms with Crippen molar-refractivity contribution in [3.8, 4) is 0 Å². The maximum absolute atomic E-state index is 12.6. The quantitative estimate of drug-likeness (QED) is 0.746. The minimum absolute atomic E-state index is 0.0398. The zero-order valence-electron chi connectivity index (χ0n) is 16.4. The number of hydrogen-bond acceptors (Lipinski definition) is 3. The number of carbonyl (C=O) groups excluding carboxylic acids is 2. The molecule has 0 spiro atoms. The Morgan fingerprint density at radius 2 is 1.67 bits per heavy atom. The summed E-state index contributed by atoms with van der Waals surface area (Å²) in [5.74, 6) is -0.160. The van der Waals surface area contributed by atoms with Crippen LogP contribution in [0.15, 0.2) is 54.6 Å². The number of nitrogens with one attached hydrogen (secondary N) is 1. The summed E-state index contributed by atoms with van der Waals surface area (Å²) in [6.45, 7) is 6.31. The Bertz CT molecular complexity index is 755. The highest BCUT2D eigenvalue weighted by Gasteiger charge is 2.27. The lowest BCUT2D eigenvalue weighted by Gasteiger charge is -2.23. The van der Waals surface area contributed by atoms with Crippen LogP contribution in [0, 0.1) is 0 Å². The first-order valence-corrected chi connectivity index (χ1v) is 9.42. The number of likely N-dealkylation sites (N-methyl/N-ethyl adjacent to an activating group) is 1. The average Bonchev–Trinajstić information content (AvgIpc) is 2.64. The van der Waals surface area contributed by atoms with E-state index in [1.807, 2.05) is 56.3 Å². The normalized spacial score (nSPS) is 12.9. The Balaban J connectivity index is 2.01. The van der Waals surface area contributed by atoms with E-state index in [0.717, 1.165) is 17.7 Å². The molecule has 0 saturated carbocycles. The molecule has 0 bridgehead atoms. The van der Waals surface area contributed by atoms with E-state index in [9.17, 15) is 9.59 Å². The number of benzene rings is 2. The van der Waals surface area contributed by atoms with E-state index in [4.69, 9.17) is 5.73 Å². The minimum atomic E-state index is -0.888. The van der Waals surface area contributed by atoms with Gasteiger partial charge in [-0.15, -0.1) is 0 Å².